The van der Waals surface area contributed by atoms with Gasteiger partial charge in [-0.05, 0) is 48.5 Å². The van der Waals surface area contributed by atoms with Gasteiger partial charge in [0, 0.05) is 48.8 Å². The van der Waals surface area contributed by atoms with Gasteiger partial charge < -0.3 is 24.0 Å². The normalized spacial score (nSPS) is 21.2. The Morgan fingerprint density at radius 3 is 2.11 bits per heavy atom. The Labute approximate surface area is 263 Å². The summed E-state index contributed by atoms with van der Waals surface area (Å²) < 4.78 is 20.6. The van der Waals surface area contributed by atoms with Crippen LogP contribution in [0.15, 0.2) is 96.5 Å². The maximum Gasteiger partial charge on any atom is 0.253 e. The van der Waals surface area contributed by atoms with Gasteiger partial charge in [0.2, 0.25) is 5.79 Å². The van der Waals surface area contributed by atoms with Crippen molar-refractivity contribution in [2.75, 3.05) is 60.6 Å². The average Bonchev–Trinajstić information content (AvgIpc) is 3.88. The second kappa shape index (κ2) is 13.9. The molecule has 0 spiro atoms. The summed E-state index contributed by atoms with van der Waals surface area (Å²) in [6.45, 7) is 9.08. The van der Waals surface area contributed by atoms with Crippen LogP contribution in [0.1, 0.15) is 19.4 Å². The van der Waals surface area contributed by atoms with E-state index in [1.165, 1.54) is 12.0 Å². The van der Waals surface area contributed by atoms with Gasteiger partial charge in [0.15, 0.2) is 0 Å². The number of carbonyl (C=O) groups excluding carboxylic acids is 1. The molecule has 2 fully saturated rings. The summed E-state index contributed by atoms with van der Waals surface area (Å²) >= 11 is 0. The molecule has 1 aromatic heterocycles. The first-order valence-electron chi connectivity index (χ1n) is 15.5. The van der Waals surface area contributed by atoms with Gasteiger partial charge in [-0.2, -0.15) is 5.10 Å². The average molecular weight is 610 g/mol. The highest BCUT2D eigenvalue weighted by Gasteiger charge is 2.44. The number of ether oxygens (including phenoxy) is 3. The largest absolute Gasteiger partial charge is 0.491 e. The third-order valence-corrected chi connectivity index (χ3v) is 8.01. The number of aromatic nitrogens is 3. The molecule has 4 heterocycles. The maximum absolute atomic E-state index is 11.9. The van der Waals surface area contributed by atoms with Crippen molar-refractivity contribution in [2.24, 2.45) is 4.99 Å². The summed E-state index contributed by atoms with van der Waals surface area (Å²) in [5.41, 5.74) is 4.12. The molecule has 11 nitrogen and oxygen atoms in total. The molecule has 1 amide bonds. The smallest absolute Gasteiger partial charge is 0.253 e. The van der Waals surface area contributed by atoms with E-state index in [-0.39, 0.29) is 18.6 Å². The summed E-state index contributed by atoms with van der Waals surface area (Å²) in [6, 6.07) is 26.3. The van der Waals surface area contributed by atoms with Crippen molar-refractivity contribution in [1.29, 1.82) is 0 Å². The first-order chi connectivity index (χ1) is 22.1. The minimum Gasteiger partial charge on any atom is -0.491 e. The van der Waals surface area contributed by atoms with E-state index < -0.39 is 5.79 Å². The summed E-state index contributed by atoms with van der Waals surface area (Å²) in [6.07, 6.45) is 4.54. The van der Waals surface area contributed by atoms with E-state index in [9.17, 15) is 4.79 Å². The number of rotatable bonds is 9. The van der Waals surface area contributed by atoms with E-state index in [0.717, 1.165) is 48.9 Å². The van der Waals surface area contributed by atoms with Crippen molar-refractivity contribution in [2.45, 2.75) is 32.3 Å². The Balaban J connectivity index is 0.00000175. The van der Waals surface area contributed by atoms with Gasteiger partial charge in [-0.3, -0.25) is 14.7 Å². The van der Waals surface area contributed by atoms with E-state index in [4.69, 9.17) is 14.2 Å². The van der Waals surface area contributed by atoms with Crippen molar-refractivity contribution in [3.05, 3.63) is 97.1 Å². The van der Waals surface area contributed by atoms with Crippen molar-refractivity contribution in [1.82, 2.24) is 14.8 Å². The van der Waals surface area contributed by atoms with E-state index in [1.54, 1.807) is 22.2 Å². The van der Waals surface area contributed by atoms with Gasteiger partial charge >= 0.3 is 0 Å². The highest BCUT2D eigenvalue weighted by molar-refractivity contribution is 6.13. The lowest BCUT2D eigenvalue weighted by molar-refractivity contribution is -0.190. The molecule has 11 heteroatoms. The number of carbonyl (C=O) groups is 1. The minimum absolute atomic E-state index is 0.00290. The predicted molar refractivity (Wildman–Crippen MR) is 174 cm³/mol. The van der Waals surface area contributed by atoms with E-state index in [0.29, 0.717) is 19.8 Å². The van der Waals surface area contributed by atoms with E-state index >= 15 is 0 Å². The number of benzene rings is 3. The second-order valence-corrected chi connectivity index (χ2v) is 10.8. The van der Waals surface area contributed by atoms with Crippen LogP contribution in [0.4, 0.5) is 17.1 Å². The van der Waals surface area contributed by atoms with Crippen LogP contribution in [-0.2, 0) is 26.6 Å². The Bertz CT molecular complexity index is 1540. The van der Waals surface area contributed by atoms with Gasteiger partial charge in [-0.1, -0.05) is 44.2 Å². The van der Waals surface area contributed by atoms with Crippen molar-refractivity contribution >= 4 is 29.3 Å². The highest BCUT2D eigenvalue weighted by atomic mass is 16.8. The molecule has 234 valence electrons. The summed E-state index contributed by atoms with van der Waals surface area (Å²) in [7, 11) is 0. The Kier molecular flexibility index (Phi) is 9.37. The van der Waals surface area contributed by atoms with Gasteiger partial charge in [-0.15, -0.1) is 0 Å². The van der Waals surface area contributed by atoms with Crippen LogP contribution in [0.3, 0.4) is 0 Å². The Morgan fingerprint density at radius 2 is 1.51 bits per heavy atom. The fraction of sp³-hybridized carbons (Fsp3) is 0.353. The predicted octanol–water partition coefficient (Wildman–Crippen LogP) is 4.35. The van der Waals surface area contributed by atoms with E-state index in [2.05, 4.69) is 49.1 Å². The SMILES string of the molecule is CC.O=C1CN=CN1c1ccc(N2CCN(c3ccc(OCC4COC(Cn5cncn5)(c5ccccc5)O4)cc3)CC2)cc1. The molecule has 7 rings (SSSR count). The molecule has 0 N–H and O–H groups in total. The number of amides is 1. The van der Waals surface area contributed by atoms with Crippen molar-refractivity contribution in [3.63, 3.8) is 0 Å². The molecule has 45 heavy (non-hydrogen) atoms. The molecule has 4 aromatic rings. The third kappa shape index (κ3) is 6.84. The van der Waals surface area contributed by atoms with Crippen LogP contribution < -0.4 is 19.4 Å². The molecule has 0 radical (unpaired) electrons. The molecule has 0 saturated carbocycles. The zero-order valence-corrected chi connectivity index (χ0v) is 25.7. The third-order valence-electron chi connectivity index (χ3n) is 8.01. The van der Waals surface area contributed by atoms with Crippen LogP contribution in [0.2, 0.25) is 0 Å². The fourth-order valence-electron chi connectivity index (χ4n) is 5.73. The molecular weight excluding hydrogens is 570 g/mol. The molecule has 3 aliphatic rings. The number of piperazine rings is 1. The molecule has 0 aliphatic carbocycles. The number of hydrogen-bond acceptors (Lipinski definition) is 9. The fourth-order valence-corrected chi connectivity index (χ4v) is 5.73. The zero-order valence-electron chi connectivity index (χ0n) is 25.7. The lowest BCUT2D eigenvalue weighted by atomic mass is 10.1. The van der Waals surface area contributed by atoms with Crippen LogP contribution in [0.25, 0.3) is 0 Å². The number of aliphatic imine (C=N–C) groups is 1. The summed E-state index contributed by atoms with van der Waals surface area (Å²) in [4.78, 5) is 26.4. The molecule has 0 bridgehead atoms. The number of anilines is 3. The lowest BCUT2D eigenvalue weighted by Gasteiger charge is -2.37. The number of hydrogen-bond donors (Lipinski definition) is 0. The minimum atomic E-state index is -0.946. The van der Waals surface area contributed by atoms with Crippen molar-refractivity contribution < 1.29 is 19.0 Å². The van der Waals surface area contributed by atoms with Crippen molar-refractivity contribution in [3.8, 4) is 5.75 Å². The van der Waals surface area contributed by atoms with Gasteiger partial charge in [0.05, 0.1) is 12.9 Å². The number of nitrogens with zero attached hydrogens (tertiary/aromatic N) is 7. The van der Waals surface area contributed by atoms with E-state index in [1.807, 2.05) is 68.4 Å². The Hall–Kier alpha value is -4.74. The highest BCUT2D eigenvalue weighted by Crippen LogP contribution is 2.36. The zero-order chi connectivity index (χ0) is 31.1. The molecule has 3 aliphatic heterocycles. The molecule has 2 unspecified atom stereocenters. The summed E-state index contributed by atoms with van der Waals surface area (Å²) in [5.74, 6) is -0.150. The maximum atomic E-state index is 11.9. The molecule has 2 saturated heterocycles. The Morgan fingerprint density at radius 1 is 0.867 bits per heavy atom. The molecule has 2 atom stereocenters. The topological polar surface area (TPSA) is 97.6 Å². The quantitative estimate of drug-likeness (QED) is 0.276. The summed E-state index contributed by atoms with van der Waals surface area (Å²) in [5, 5.41) is 4.25. The van der Waals surface area contributed by atoms with Gasteiger partial charge in [0.1, 0.15) is 44.2 Å². The van der Waals surface area contributed by atoms with Crippen LogP contribution in [0.5, 0.6) is 5.75 Å². The van der Waals surface area contributed by atoms with Crippen LogP contribution in [-0.4, -0.2) is 79.1 Å². The van der Waals surface area contributed by atoms with Crippen LogP contribution in [0, 0.1) is 0 Å². The van der Waals surface area contributed by atoms with Gasteiger partial charge in [0.25, 0.3) is 5.91 Å². The van der Waals surface area contributed by atoms with Crippen LogP contribution >= 0.6 is 0 Å². The molecular formula is C34H39N7O4. The lowest BCUT2D eigenvalue weighted by Crippen LogP contribution is -2.46. The standard InChI is InChI=1S/C32H33N7O4.C2H6/c40-31-18-33-24-39(31)28-8-6-26(7-9-28)36-14-16-37(17-15-36)27-10-12-29(13-11-27)41-19-30-20-42-32(43-30,21-38-23-34-22-35-38)25-4-2-1-3-5-25;1-2/h1-13,22-24,30H,14-21H2;1-2H3. The monoisotopic (exact) mass is 609 g/mol. The first-order valence-corrected chi connectivity index (χ1v) is 15.5. The second-order valence-electron chi connectivity index (χ2n) is 10.8. The first kappa shape index (κ1) is 30.3. The molecule has 3 aromatic carbocycles. The van der Waals surface area contributed by atoms with Gasteiger partial charge in [-0.25, -0.2) is 9.67 Å².